The molecule has 4 nitrogen and oxygen atoms in total. The number of rotatable bonds is 4. The van der Waals surface area contributed by atoms with Crippen LogP contribution in [0.2, 0.25) is 5.15 Å². The predicted molar refractivity (Wildman–Crippen MR) is 92.8 cm³/mol. The highest BCUT2D eigenvalue weighted by Gasteiger charge is 2.29. The number of esters is 1. The molecule has 0 amide bonds. The van der Waals surface area contributed by atoms with Crippen LogP contribution in [0.25, 0.3) is 0 Å². The standard InChI is InChI=1S/C17H15ClF3NO3S/c1-16(2,3)25-15(23)10-8-13(18)22-14(9-10)24-11-4-6-12(7-5-11)26-17(19,20)21/h4-9H,1-3H3. The van der Waals surface area contributed by atoms with Gasteiger partial charge in [-0.25, -0.2) is 9.78 Å². The van der Waals surface area contributed by atoms with Crippen LogP contribution in [0.5, 0.6) is 11.6 Å². The zero-order chi connectivity index (χ0) is 19.5. The fourth-order valence-electron chi connectivity index (χ4n) is 1.81. The lowest BCUT2D eigenvalue weighted by atomic mass is 10.2. The second-order valence-corrected chi connectivity index (χ2v) is 7.67. The van der Waals surface area contributed by atoms with Crippen LogP contribution in [0, 0.1) is 0 Å². The van der Waals surface area contributed by atoms with Crippen molar-refractivity contribution in [2.45, 2.75) is 36.8 Å². The number of pyridine rings is 1. The summed E-state index contributed by atoms with van der Waals surface area (Å²) in [5, 5.41) is 0.0209. The van der Waals surface area contributed by atoms with E-state index in [1.54, 1.807) is 20.8 Å². The Kier molecular flexibility index (Phi) is 6.08. The number of carbonyl (C=O) groups is 1. The number of ether oxygens (including phenoxy) is 2. The number of thioether (sulfide) groups is 1. The van der Waals surface area contributed by atoms with Crippen LogP contribution in [0.1, 0.15) is 31.1 Å². The lowest BCUT2D eigenvalue weighted by Gasteiger charge is -2.19. The molecule has 26 heavy (non-hydrogen) atoms. The molecule has 9 heteroatoms. The first-order chi connectivity index (χ1) is 11.9. The van der Waals surface area contributed by atoms with E-state index in [2.05, 4.69) is 4.98 Å². The largest absolute Gasteiger partial charge is 0.456 e. The van der Waals surface area contributed by atoms with Crippen molar-refractivity contribution >= 4 is 29.3 Å². The summed E-state index contributed by atoms with van der Waals surface area (Å²) in [4.78, 5) is 16.1. The maximum atomic E-state index is 12.3. The zero-order valence-corrected chi connectivity index (χ0v) is 15.6. The molecule has 2 rings (SSSR count). The first kappa shape index (κ1) is 20.4. The molecule has 1 heterocycles. The molecule has 0 bridgehead atoms. The summed E-state index contributed by atoms with van der Waals surface area (Å²) in [6.07, 6.45) is 0. The highest BCUT2D eigenvalue weighted by atomic mass is 35.5. The van der Waals surface area contributed by atoms with Crippen molar-refractivity contribution in [1.82, 2.24) is 4.98 Å². The SMILES string of the molecule is CC(C)(C)OC(=O)c1cc(Cl)nc(Oc2ccc(SC(F)(F)F)cc2)c1. The third-order valence-corrected chi connectivity index (χ3v) is 3.62. The summed E-state index contributed by atoms with van der Waals surface area (Å²) in [6.45, 7) is 5.18. The van der Waals surface area contributed by atoms with Crippen molar-refractivity contribution in [3.63, 3.8) is 0 Å². The maximum absolute atomic E-state index is 12.3. The molecule has 0 fully saturated rings. The van der Waals surface area contributed by atoms with Gasteiger partial charge in [-0.2, -0.15) is 13.2 Å². The highest BCUT2D eigenvalue weighted by molar-refractivity contribution is 8.00. The molecule has 140 valence electrons. The van der Waals surface area contributed by atoms with Crippen molar-refractivity contribution in [2.75, 3.05) is 0 Å². The van der Waals surface area contributed by atoms with Crippen LogP contribution in [0.4, 0.5) is 13.2 Å². The Morgan fingerprint density at radius 1 is 1.12 bits per heavy atom. The van der Waals surface area contributed by atoms with Crippen LogP contribution in [-0.2, 0) is 4.74 Å². The fraction of sp³-hybridized carbons (Fsp3) is 0.294. The first-order valence-electron chi connectivity index (χ1n) is 7.36. The Morgan fingerprint density at radius 2 is 1.73 bits per heavy atom. The Labute approximate surface area is 157 Å². The highest BCUT2D eigenvalue weighted by Crippen LogP contribution is 2.37. The molecule has 0 saturated heterocycles. The summed E-state index contributed by atoms with van der Waals surface area (Å²) in [6, 6.07) is 7.96. The molecular formula is C17H15ClF3NO3S. The van der Waals surface area contributed by atoms with E-state index < -0.39 is 17.1 Å². The molecule has 0 unspecified atom stereocenters. The second kappa shape index (κ2) is 7.75. The van der Waals surface area contributed by atoms with E-state index in [0.717, 1.165) is 0 Å². The Morgan fingerprint density at radius 3 is 2.27 bits per heavy atom. The molecule has 0 radical (unpaired) electrons. The van der Waals surface area contributed by atoms with Crippen molar-refractivity contribution in [3.8, 4) is 11.6 Å². The normalized spacial score (nSPS) is 12.0. The average Bonchev–Trinajstić information content (AvgIpc) is 2.45. The number of carbonyl (C=O) groups excluding carboxylic acids is 1. The van der Waals surface area contributed by atoms with Crippen LogP contribution < -0.4 is 4.74 Å². The fourth-order valence-corrected chi connectivity index (χ4v) is 2.55. The van der Waals surface area contributed by atoms with Gasteiger partial charge in [-0.05, 0) is 62.9 Å². The average molecular weight is 406 g/mol. The summed E-state index contributed by atoms with van der Waals surface area (Å²) < 4.78 is 47.7. The minimum atomic E-state index is -4.36. The van der Waals surface area contributed by atoms with Gasteiger partial charge in [-0.3, -0.25) is 0 Å². The Balaban J connectivity index is 2.15. The van der Waals surface area contributed by atoms with Crippen LogP contribution in [0.3, 0.4) is 0 Å². The summed E-state index contributed by atoms with van der Waals surface area (Å²) >= 11 is 5.68. The molecule has 0 atom stereocenters. The predicted octanol–water partition coefficient (Wildman–Crippen LogP) is 6.09. The van der Waals surface area contributed by atoms with Crippen molar-refractivity contribution in [2.24, 2.45) is 0 Å². The smallest absolute Gasteiger partial charge is 0.446 e. The Bertz CT molecular complexity index is 789. The van der Waals surface area contributed by atoms with E-state index in [1.807, 2.05) is 0 Å². The van der Waals surface area contributed by atoms with Crippen LogP contribution in [0.15, 0.2) is 41.3 Å². The van der Waals surface area contributed by atoms with Gasteiger partial charge in [0.1, 0.15) is 16.5 Å². The van der Waals surface area contributed by atoms with Crippen LogP contribution >= 0.6 is 23.4 Å². The number of nitrogens with zero attached hydrogens (tertiary/aromatic N) is 1. The molecule has 1 aromatic heterocycles. The third-order valence-electron chi connectivity index (χ3n) is 2.68. The molecule has 0 N–H and O–H groups in total. The van der Waals surface area contributed by atoms with E-state index in [0.29, 0.717) is 0 Å². The van der Waals surface area contributed by atoms with Gasteiger partial charge in [-0.15, -0.1) is 0 Å². The first-order valence-corrected chi connectivity index (χ1v) is 8.55. The van der Waals surface area contributed by atoms with Gasteiger partial charge >= 0.3 is 11.5 Å². The van der Waals surface area contributed by atoms with E-state index in [4.69, 9.17) is 21.1 Å². The molecule has 0 spiro atoms. The van der Waals surface area contributed by atoms with Crippen molar-refractivity contribution in [1.29, 1.82) is 0 Å². The molecular weight excluding hydrogens is 391 g/mol. The summed E-state index contributed by atoms with van der Waals surface area (Å²) in [7, 11) is 0. The van der Waals surface area contributed by atoms with Gasteiger partial charge in [0.25, 0.3) is 0 Å². The number of halogens is 4. The molecule has 0 aliphatic heterocycles. The van der Waals surface area contributed by atoms with Gasteiger partial charge < -0.3 is 9.47 Å². The number of aromatic nitrogens is 1. The molecule has 0 saturated carbocycles. The summed E-state index contributed by atoms with van der Waals surface area (Å²) in [5.41, 5.74) is -4.89. The second-order valence-electron chi connectivity index (χ2n) is 6.14. The molecule has 2 aromatic rings. The molecule has 0 aliphatic rings. The van der Waals surface area contributed by atoms with E-state index >= 15 is 0 Å². The minimum absolute atomic E-state index is 0.0209. The van der Waals surface area contributed by atoms with Crippen LogP contribution in [-0.4, -0.2) is 22.1 Å². The van der Waals surface area contributed by atoms with Crippen molar-refractivity contribution in [3.05, 3.63) is 47.1 Å². The van der Waals surface area contributed by atoms with Gasteiger partial charge in [-0.1, -0.05) is 11.6 Å². The maximum Gasteiger partial charge on any atom is 0.446 e. The third kappa shape index (κ3) is 6.76. The van der Waals surface area contributed by atoms with Gasteiger partial charge in [0.05, 0.1) is 5.56 Å². The van der Waals surface area contributed by atoms with E-state index in [9.17, 15) is 18.0 Å². The number of hydrogen-bond acceptors (Lipinski definition) is 5. The topological polar surface area (TPSA) is 48.4 Å². The number of alkyl halides is 3. The molecule has 1 aromatic carbocycles. The number of benzene rings is 1. The van der Waals surface area contributed by atoms with E-state index in [1.165, 1.54) is 36.4 Å². The quantitative estimate of drug-likeness (QED) is 0.349. The number of hydrogen-bond donors (Lipinski definition) is 0. The van der Waals surface area contributed by atoms with Gasteiger partial charge in [0.2, 0.25) is 5.88 Å². The zero-order valence-electron chi connectivity index (χ0n) is 14.1. The lowest BCUT2D eigenvalue weighted by Crippen LogP contribution is -2.23. The Hall–Kier alpha value is -1.93. The van der Waals surface area contributed by atoms with Gasteiger partial charge in [0.15, 0.2) is 0 Å². The monoisotopic (exact) mass is 405 g/mol. The van der Waals surface area contributed by atoms with Crippen molar-refractivity contribution < 1.29 is 27.4 Å². The lowest BCUT2D eigenvalue weighted by molar-refractivity contribution is -0.0328. The van der Waals surface area contributed by atoms with E-state index in [-0.39, 0.29) is 39.0 Å². The molecule has 0 aliphatic carbocycles. The summed E-state index contributed by atoms with van der Waals surface area (Å²) in [5.74, 6) is -0.320. The van der Waals surface area contributed by atoms with Gasteiger partial charge in [0, 0.05) is 11.0 Å². The minimum Gasteiger partial charge on any atom is -0.456 e.